The zero-order valence-corrected chi connectivity index (χ0v) is 12.1. The Balaban J connectivity index is 4.57. The first kappa shape index (κ1) is 14.9. The predicted molar refractivity (Wildman–Crippen MR) is 72.8 cm³/mol. The van der Waals surface area contributed by atoms with Gasteiger partial charge in [0.2, 0.25) is 5.91 Å². The second kappa shape index (κ2) is 5.84. The lowest BCUT2D eigenvalue weighted by Gasteiger charge is -2.30. The van der Waals surface area contributed by atoms with Crippen molar-refractivity contribution in [1.82, 2.24) is 5.32 Å². The zero-order chi connectivity index (χ0) is 12.2. The molecular weight excluding hydrogens is 303 g/mol. The van der Waals surface area contributed by atoms with Gasteiger partial charge in [-0.15, -0.1) is 0 Å². The second-order valence-corrected chi connectivity index (χ2v) is 6.04. The Kier molecular flexibility index (Phi) is 5.80. The van der Waals surface area contributed by atoms with E-state index in [0.717, 1.165) is 12.0 Å². The van der Waals surface area contributed by atoms with E-state index in [9.17, 15) is 4.79 Å². The van der Waals surface area contributed by atoms with Gasteiger partial charge in [0.25, 0.3) is 0 Å². The topological polar surface area (TPSA) is 55.1 Å². The molecule has 0 rings (SSSR count). The van der Waals surface area contributed by atoms with Crippen LogP contribution in [0.15, 0.2) is 12.2 Å². The van der Waals surface area contributed by atoms with Crippen LogP contribution in [0.4, 0.5) is 0 Å². The van der Waals surface area contributed by atoms with Gasteiger partial charge in [-0.1, -0.05) is 27.4 Å². The summed E-state index contributed by atoms with van der Waals surface area (Å²) in [6.07, 6.45) is 0.805. The molecule has 1 amide bonds. The number of alkyl halides is 1. The SMILES string of the molecule is C=C(C)[C@](I)(CC)NC(=O)[C@@H](N)C(C)C. The van der Waals surface area contributed by atoms with Crippen molar-refractivity contribution in [2.45, 2.75) is 43.7 Å². The molecule has 0 aromatic heterocycles. The molecule has 4 heteroatoms. The fourth-order valence-corrected chi connectivity index (χ4v) is 1.34. The number of hydrogen-bond donors (Lipinski definition) is 2. The van der Waals surface area contributed by atoms with Crippen LogP contribution in [0.1, 0.15) is 34.1 Å². The van der Waals surface area contributed by atoms with Crippen LogP contribution < -0.4 is 11.1 Å². The number of rotatable bonds is 5. The predicted octanol–water partition coefficient (Wildman–Crippen LogP) is 2.20. The van der Waals surface area contributed by atoms with E-state index in [1.807, 2.05) is 27.7 Å². The molecule has 0 unspecified atom stereocenters. The Morgan fingerprint density at radius 3 is 2.33 bits per heavy atom. The molecule has 0 aliphatic carbocycles. The number of nitrogens with one attached hydrogen (secondary N) is 1. The Morgan fingerprint density at radius 1 is 1.60 bits per heavy atom. The fraction of sp³-hybridized carbons (Fsp3) is 0.727. The lowest BCUT2D eigenvalue weighted by Crippen LogP contribution is -2.52. The zero-order valence-electron chi connectivity index (χ0n) is 9.93. The average Bonchev–Trinajstić information content (AvgIpc) is 2.15. The van der Waals surface area contributed by atoms with Crippen molar-refractivity contribution < 1.29 is 4.79 Å². The molecule has 0 saturated heterocycles. The summed E-state index contributed by atoms with van der Waals surface area (Å²) in [6, 6.07) is -0.454. The summed E-state index contributed by atoms with van der Waals surface area (Å²) in [5.41, 5.74) is 6.72. The molecule has 0 bridgehead atoms. The molecule has 0 radical (unpaired) electrons. The molecule has 0 saturated carbocycles. The van der Waals surface area contributed by atoms with Crippen molar-refractivity contribution in [3.8, 4) is 0 Å². The molecule has 0 fully saturated rings. The monoisotopic (exact) mass is 324 g/mol. The Labute approximate surface area is 106 Å². The highest BCUT2D eigenvalue weighted by Crippen LogP contribution is 2.27. The van der Waals surface area contributed by atoms with Crippen LogP contribution in [-0.4, -0.2) is 15.5 Å². The highest BCUT2D eigenvalue weighted by atomic mass is 127. The minimum absolute atomic E-state index is 0.107. The van der Waals surface area contributed by atoms with Gasteiger partial charge < -0.3 is 11.1 Å². The summed E-state index contributed by atoms with van der Waals surface area (Å²) in [4.78, 5) is 11.8. The smallest absolute Gasteiger partial charge is 0.238 e. The first-order valence-electron chi connectivity index (χ1n) is 5.17. The van der Waals surface area contributed by atoms with E-state index in [-0.39, 0.29) is 15.4 Å². The van der Waals surface area contributed by atoms with Crippen LogP contribution in [-0.2, 0) is 4.79 Å². The number of halogens is 1. The summed E-state index contributed by atoms with van der Waals surface area (Å²) in [7, 11) is 0. The molecule has 0 aliphatic rings. The van der Waals surface area contributed by atoms with Crippen LogP contribution in [0.3, 0.4) is 0 Å². The molecule has 88 valence electrons. The van der Waals surface area contributed by atoms with E-state index < -0.39 is 6.04 Å². The molecular formula is C11H21IN2O. The summed E-state index contributed by atoms with van der Waals surface area (Å²) >= 11 is 2.21. The van der Waals surface area contributed by atoms with Gasteiger partial charge in [-0.05, 0) is 47.4 Å². The summed E-state index contributed by atoms with van der Waals surface area (Å²) in [5, 5.41) is 2.95. The summed E-state index contributed by atoms with van der Waals surface area (Å²) in [6.45, 7) is 11.7. The van der Waals surface area contributed by atoms with Crippen LogP contribution in [0.5, 0.6) is 0 Å². The van der Waals surface area contributed by atoms with E-state index >= 15 is 0 Å². The maximum absolute atomic E-state index is 11.8. The number of carbonyl (C=O) groups is 1. The van der Waals surface area contributed by atoms with Gasteiger partial charge in [0.05, 0.1) is 6.04 Å². The van der Waals surface area contributed by atoms with Gasteiger partial charge in [-0.25, -0.2) is 0 Å². The van der Waals surface area contributed by atoms with E-state index in [1.54, 1.807) is 0 Å². The standard InChI is InChI=1S/C11H21IN2O/c1-6-11(12,8(4)5)14-10(15)9(13)7(2)3/h7,9H,4,6,13H2,1-3,5H3,(H,14,15)/t9-,11-/m0/s1. The van der Waals surface area contributed by atoms with E-state index in [2.05, 4.69) is 34.5 Å². The lowest BCUT2D eigenvalue weighted by molar-refractivity contribution is -0.123. The van der Waals surface area contributed by atoms with E-state index in [1.165, 1.54) is 0 Å². The van der Waals surface area contributed by atoms with Crippen molar-refractivity contribution in [3.63, 3.8) is 0 Å². The number of carbonyl (C=O) groups excluding carboxylic acids is 1. The molecule has 2 atom stereocenters. The van der Waals surface area contributed by atoms with Crippen molar-refractivity contribution in [2.24, 2.45) is 11.7 Å². The molecule has 0 aromatic carbocycles. The molecule has 0 heterocycles. The number of hydrogen-bond acceptors (Lipinski definition) is 2. The quantitative estimate of drug-likeness (QED) is 0.353. The normalized spacial score (nSPS) is 17.0. The minimum Gasteiger partial charge on any atom is -0.337 e. The van der Waals surface area contributed by atoms with Crippen molar-refractivity contribution in [1.29, 1.82) is 0 Å². The first-order valence-corrected chi connectivity index (χ1v) is 6.25. The molecule has 3 nitrogen and oxygen atoms in total. The summed E-state index contributed by atoms with van der Waals surface area (Å²) < 4.78 is -0.374. The average molecular weight is 324 g/mol. The first-order chi connectivity index (χ1) is 6.74. The Hall–Kier alpha value is -0.100. The van der Waals surface area contributed by atoms with Gasteiger partial charge in [0, 0.05) is 0 Å². The maximum atomic E-state index is 11.8. The third-order valence-electron chi connectivity index (χ3n) is 2.51. The highest BCUT2D eigenvalue weighted by Gasteiger charge is 2.30. The molecule has 3 N–H and O–H groups in total. The van der Waals surface area contributed by atoms with Crippen molar-refractivity contribution >= 4 is 28.5 Å². The van der Waals surface area contributed by atoms with E-state index in [0.29, 0.717) is 0 Å². The number of nitrogens with two attached hydrogens (primary N) is 1. The van der Waals surface area contributed by atoms with Crippen LogP contribution >= 0.6 is 22.6 Å². The Morgan fingerprint density at radius 2 is 2.07 bits per heavy atom. The fourth-order valence-electron chi connectivity index (χ4n) is 1.08. The van der Waals surface area contributed by atoms with Gasteiger partial charge in [-0.2, -0.15) is 0 Å². The summed E-state index contributed by atoms with van der Waals surface area (Å²) in [5.74, 6) is 0.0388. The third kappa shape index (κ3) is 4.10. The van der Waals surface area contributed by atoms with Crippen LogP contribution in [0.2, 0.25) is 0 Å². The van der Waals surface area contributed by atoms with Crippen LogP contribution in [0, 0.1) is 5.92 Å². The molecule has 0 aromatic rings. The van der Waals surface area contributed by atoms with Crippen LogP contribution in [0.25, 0.3) is 0 Å². The molecule has 0 spiro atoms. The van der Waals surface area contributed by atoms with Gasteiger partial charge in [-0.3, -0.25) is 4.79 Å². The maximum Gasteiger partial charge on any atom is 0.238 e. The van der Waals surface area contributed by atoms with Gasteiger partial charge in [0.1, 0.15) is 3.55 Å². The second-order valence-electron chi connectivity index (χ2n) is 4.19. The van der Waals surface area contributed by atoms with Crippen molar-refractivity contribution in [3.05, 3.63) is 12.2 Å². The third-order valence-corrected chi connectivity index (χ3v) is 4.46. The Bertz CT molecular complexity index is 253. The minimum atomic E-state index is -0.454. The molecule has 15 heavy (non-hydrogen) atoms. The van der Waals surface area contributed by atoms with Gasteiger partial charge in [0.15, 0.2) is 0 Å². The molecule has 0 aliphatic heterocycles. The van der Waals surface area contributed by atoms with Crippen molar-refractivity contribution in [2.75, 3.05) is 0 Å². The largest absolute Gasteiger partial charge is 0.337 e. The highest BCUT2D eigenvalue weighted by molar-refractivity contribution is 14.1. The van der Waals surface area contributed by atoms with E-state index in [4.69, 9.17) is 5.73 Å². The van der Waals surface area contributed by atoms with Gasteiger partial charge >= 0.3 is 0 Å². The lowest BCUT2D eigenvalue weighted by atomic mass is 10.0. The number of amides is 1.